The van der Waals surface area contributed by atoms with Crippen LogP contribution in [0.1, 0.15) is 22.9 Å². The van der Waals surface area contributed by atoms with Crippen LogP contribution in [0.5, 0.6) is 0 Å². The SMILES string of the molecule is CCNCc1ccnc(N2CCc3sccc3C2)c1F. The van der Waals surface area contributed by atoms with Crippen LogP contribution in [0.25, 0.3) is 0 Å². The van der Waals surface area contributed by atoms with E-state index < -0.39 is 0 Å². The van der Waals surface area contributed by atoms with Gasteiger partial charge in [0.05, 0.1) is 0 Å². The molecular formula is C15H18FN3S. The van der Waals surface area contributed by atoms with E-state index >= 15 is 0 Å². The van der Waals surface area contributed by atoms with Gasteiger partial charge >= 0.3 is 0 Å². The maximum absolute atomic E-state index is 14.5. The van der Waals surface area contributed by atoms with Gasteiger partial charge in [0.2, 0.25) is 0 Å². The predicted molar refractivity (Wildman–Crippen MR) is 80.6 cm³/mol. The Morgan fingerprint density at radius 2 is 2.35 bits per heavy atom. The van der Waals surface area contributed by atoms with Gasteiger partial charge in [0.1, 0.15) is 0 Å². The van der Waals surface area contributed by atoms with Crippen molar-refractivity contribution in [1.29, 1.82) is 0 Å². The molecule has 0 aliphatic carbocycles. The summed E-state index contributed by atoms with van der Waals surface area (Å²) in [6.07, 6.45) is 2.68. The van der Waals surface area contributed by atoms with E-state index in [1.165, 1.54) is 10.4 Å². The fourth-order valence-corrected chi connectivity index (χ4v) is 3.41. The van der Waals surface area contributed by atoms with E-state index in [-0.39, 0.29) is 5.82 Å². The van der Waals surface area contributed by atoms with Crippen LogP contribution in [-0.4, -0.2) is 18.1 Å². The molecule has 0 unspecified atom stereocenters. The Morgan fingerprint density at radius 3 is 3.20 bits per heavy atom. The highest BCUT2D eigenvalue weighted by Gasteiger charge is 2.21. The number of pyridine rings is 1. The largest absolute Gasteiger partial charge is 0.349 e. The molecular weight excluding hydrogens is 273 g/mol. The molecule has 3 rings (SSSR count). The Bertz CT molecular complexity index is 597. The van der Waals surface area contributed by atoms with Crippen LogP contribution in [0.3, 0.4) is 0 Å². The van der Waals surface area contributed by atoms with Crippen molar-refractivity contribution >= 4 is 17.2 Å². The second-order valence-corrected chi connectivity index (χ2v) is 5.93. The van der Waals surface area contributed by atoms with Crippen molar-refractivity contribution in [3.8, 4) is 0 Å². The molecule has 0 saturated heterocycles. The molecule has 1 N–H and O–H groups in total. The summed E-state index contributed by atoms with van der Waals surface area (Å²) in [5.41, 5.74) is 1.99. The lowest BCUT2D eigenvalue weighted by molar-refractivity contribution is 0.575. The fraction of sp³-hybridized carbons (Fsp3) is 0.400. The summed E-state index contributed by atoms with van der Waals surface area (Å²) in [7, 11) is 0. The van der Waals surface area contributed by atoms with E-state index in [1.54, 1.807) is 23.6 Å². The lowest BCUT2D eigenvalue weighted by Gasteiger charge is -2.28. The first-order chi connectivity index (χ1) is 9.79. The molecule has 0 amide bonds. The molecule has 0 aromatic carbocycles. The third-order valence-electron chi connectivity index (χ3n) is 3.62. The van der Waals surface area contributed by atoms with Crippen LogP contribution < -0.4 is 10.2 Å². The molecule has 3 nitrogen and oxygen atoms in total. The van der Waals surface area contributed by atoms with Gasteiger partial charge in [-0.1, -0.05) is 6.92 Å². The van der Waals surface area contributed by atoms with Crippen molar-refractivity contribution in [3.63, 3.8) is 0 Å². The summed E-state index contributed by atoms with van der Waals surface area (Å²) in [5.74, 6) is 0.296. The van der Waals surface area contributed by atoms with Gasteiger partial charge in [-0.05, 0) is 36.0 Å². The Kier molecular flexibility index (Phi) is 3.98. The average Bonchev–Trinajstić information content (AvgIpc) is 2.93. The molecule has 0 atom stereocenters. The third kappa shape index (κ3) is 2.55. The standard InChI is InChI=1S/C15H18FN3S/c1-2-17-9-11-3-6-18-15(14(11)16)19-7-4-13-12(10-19)5-8-20-13/h3,5-6,8,17H,2,4,7,9-10H2,1H3. The van der Waals surface area contributed by atoms with Crippen LogP contribution in [0.15, 0.2) is 23.7 Å². The van der Waals surface area contributed by atoms with Crippen LogP contribution in [-0.2, 0) is 19.5 Å². The minimum atomic E-state index is -0.188. The monoisotopic (exact) mass is 291 g/mol. The fourth-order valence-electron chi connectivity index (χ4n) is 2.52. The molecule has 20 heavy (non-hydrogen) atoms. The number of hydrogen-bond acceptors (Lipinski definition) is 4. The van der Waals surface area contributed by atoms with Crippen molar-refractivity contribution in [2.75, 3.05) is 18.0 Å². The van der Waals surface area contributed by atoms with Gasteiger partial charge < -0.3 is 10.2 Å². The molecule has 1 aliphatic heterocycles. The van der Waals surface area contributed by atoms with Crippen molar-refractivity contribution in [2.45, 2.75) is 26.4 Å². The number of hydrogen-bond donors (Lipinski definition) is 1. The molecule has 0 spiro atoms. The first-order valence-electron chi connectivity index (χ1n) is 6.94. The minimum Gasteiger partial charge on any atom is -0.349 e. The maximum atomic E-state index is 14.5. The van der Waals surface area contributed by atoms with E-state index in [4.69, 9.17) is 0 Å². The van der Waals surface area contributed by atoms with Crippen molar-refractivity contribution in [2.24, 2.45) is 0 Å². The quantitative estimate of drug-likeness (QED) is 0.938. The van der Waals surface area contributed by atoms with Crippen LogP contribution in [0.4, 0.5) is 10.2 Å². The number of nitrogens with zero attached hydrogens (tertiary/aromatic N) is 2. The Balaban J connectivity index is 1.84. The normalized spacial score (nSPS) is 14.4. The van der Waals surface area contributed by atoms with E-state index in [0.29, 0.717) is 17.9 Å². The highest BCUT2D eigenvalue weighted by molar-refractivity contribution is 7.10. The lowest BCUT2D eigenvalue weighted by atomic mass is 10.1. The van der Waals surface area contributed by atoms with Gasteiger partial charge in [0, 0.05) is 36.3 Å². The Hall–Kier alpha value is -1.46. The van der Waals surface area contributed by atoms with Gasteiger partial charge in [-0.2, -0.15) is 0 Å². The summed E-state index contributed by atoms with van der Waals surface area (Å²) in [4.78, 5) is 7.72. The molecule has 0 saturated carbocycles. The Labute approximate surface area is 122 Å². The smallest absolute Gasteiger partial charge is 0.170 e. The van der Waals surface area contributed by atoms with Crippen LogP contribution in [0.2, 0.25) is 0 Å². The lowest BCUT2D eigenvalue weighted by Crippen LogP contribution is -2.31. The summed E-state index contributed by atoms with van der Waals surface area (Å²) in [6, 6.07) is 3.88. The maximum Gasteiger partial charge on any atom is 0.170 e. The summed E-state index contributed by atoms with van der Waals surface area (Å²) in [6.45, 7) is 4.99. The van der Waals surface area contributed by atoms with E-state index in [0.717, 1.165) is 26.1 Å². The van der Waals surface area contributed by atoms with Gasteiger partial charge in [0.25, 0.3) is 0 Å². The summed E-state index contributed by atoms with van der Waals surface area (Å²) < 4.78 is 14.5. The molecule has 1 aliphatic rings. The number of halogens is 1. The van der Waals surface area contributed by atoms with Gasteiger partial charge in [-0.3, -0.25) is 0 Å². The number of anilines is 1. The Morgan fingerprint density at radius 1 is 1.45 bits per heavy atom. The number of aromatic nitrogens is 1. The third-order valence-corrected chi connectivity index (χ3v) is 4.65. The number of nitrogens with one attached hydrogen (secondary N) is 1. The zero-order valence-electron chi connectivity index (χ0n) is 11.5. The average molecular weight is 291 g/mol. The first kappa shape index (κ1) is 13.5. The van der Waals surface area contributed by atoms with Crippen molar-refractivity contribution in [3.05, 3.63) is 45.5 Å². The number of fused-ring (bicyclic) bond motifs is 1. The van der Waals surface area contributed by atoms with Crippen molar-refractivity contribution in [1.82, 2.24) is 10.3 Å². The highest BCUT2D eigenvalue weighted by atomic mass is 32.1. The van der Waals surface area contributed by atoms with Crippen LogP contribution in [0, 0.1) is 5.82 Å². The summed E-state index contributed by atoms with van der Waals surface area (Å²) >= 11 is 1.79. The van der Waals surface area contributed by atoms with Gasteiger partial charge in [-0.15, -0.1) is 11.3 Å². The minimum absolute atomic E-state index is 0.188. The molecule has 2 aromatic heterocycles. The number of rotatable bonds is 4. The topological polar surface area (TPSA) is 28.2 Å². The highest BCUT2D eigenvalue weighted by Crippen LogP contribution is 2.28. The summed E-state index contributed by atoms with van der Waals surface area (Å²) in [5, 5.41) is 5.27. The number of thiophene rings is 1. The van der Waals surface area contributed by atoms with E-state index in [2.05, 4.69) is 21.7 Å². The molecule has 5 heteroatoms. The second kappa shape index (κ2) is 5.89. The molecule has 0 radical (unpaired) electrons. The van der Waals surface area contributed by atoms with E-state index in [9.17, 15) is 4.39 Å². The molecule has 0 fully saturated rings. The van der Waals surface area contributed by atoms with Crippen molar-refractivity contribution < 1.29 is 4.39 Å². The molecule has 106 valence electrons. The van der Waals surface area contributed by atoms with Gasteiger partial charge in [0.15, 0.2) is 11.6 Å². The molecule has 2 aromatic rings. The first-order valence-corrected chi connectivity index (χ1v) is 7.82. The molecule has 0 bridgehead atoms. The van der Waals surface area contributed by atoms with E-state index in [1.807, 2.05) is 11.8 Å². The zero-order valence-corrected chi connectivity index (χ0v) is 12.3. The zero-order chi connectivity index (χ0) is 13.9. The van der Waals surface area contributed by atoms with Gasteiger partial charge in [-0.25, -0.2) is 9.37 Å². The predicted octanol–water partition coefficient (Wildman–Crippen LogP) is 2.95. The van der Waals surface area contributed by atoms with Crippen LogP contribution >= 0.6 is 11.3 Å². The molecule has 3 heterocycles. The second-order valence-electron chi connectivity index (χ2n) is 4.93.